The predicted molar refractivity (Wildman–Crippen MR) is 76.9 cm³/mol. The molecule has 0 aliphatic carbocycles. The van der Waals surface area contributed by atoms with Crippen LogP contribution >= 0.6 is 0 Å². The highest BCUT2D eigenvalue weighted by molar-refractivity contribution is 7.89. The second-order valence-electron chi connectivity index (χ2n) is 5.08. The van der Waals surface area contributed by atoms with Gasteiger partial charge in [-0.15, -0.1) is 0 Å². The number of pyridine rings is 1. The summed E-state index contributed by atoms with van der Waals surface area (Å²) in [5.74, 6) is 0.546. The van der Waals surface area contributed by atoms with E-state index in [0.29, 0.717) is 31.7 Å². The maximum Gasteiger partial charge on any atom is 0.246 e. The zero-order chi connectivity index (χ0) is 14.8. The number of piperidine rings is 1. The lowest BCUT2D eigenvalue weighted by Crippen LogP contribution is -2.40. The summed E-state index contributed by atoms with van der Waals surface area (Å²) < 4.78 is 26.7. The average Bonchev–Trinajstić information content (AvgIpc) is 2.47. The van der Waals surface area contributed by atoms with Crippen LogP contribution in [0.5, 0.6) is 0 Å². The van der Waals surface area contributed by atoms with Gasteiger partial charge in [0.15, 0.2) is 0 Å². The smallest absolute Gasteiger partial charge is 0.246 e. The molecular weight excluding hydrogens is 278 g/mol. The molecule has 1 unspecified atom stereocenters. The molecule has 0 saturated carbocycles. The number of hydrogen-bond acceptors (Lipinski definition) is 5. The summed E-state index contributed by atoms with van der Waals surface area (Å²) in [6, 6.07) is 3.19. The molecule has 1 aliphatic rings. The van der Waals surface area contributed by atoms with Crippen LogP contribution in [-0.2, 0) is 10.0 Å². The van der Waals surface area contributed by atoms with Crippen molar-refractivity contribution in [2.45, 2.75) is 30.8 Å². The van der Waals surface area contributed by atoms with E-state index in [2.05, 4.69) is 10.3 Å². The molecule has 7 heteroatoms. The predicted octanol–water partition coefficient (Wildman–Crippen LogP) is 0.905. The third kappa shape index (κ3) is 2.94. The van der Waals surface area contributed by atoms with Gasteiger partial charge in [-0.25, -0.2) is 13.4 Å². The highest BCUT2D eigenvalue weighted by atomic mass is 32.2. The van der Waals surface area contributed by atoms with Crippen molar-refractivity contribution >= 4 is 15.8 Å². The fraction of sp³-hybridized carbons (Fsp3) is 0.615. The second kappa shape index (κ2) is 6.07. The summed E-state index contributed by atoms with van der Waals surface area (Å²) in [7, 11) is -1.87. The number of anilines is 1. The van der Waals surface area contributed by atoms with E-state index in [1.54, 1.807) is 32.3 Å². The topological polar surface area (TPSA) is 82.5 Å². The lowest BCUT2D eigenvalue weighted by Gasteiger charge is -2.32. The number of sulfonamides is 1. The average molecular weight is 299 g/mol. The Morgan fingerprint density at radius 3 is 2.65 bits per heavy atom. The lowest BCUT2D eigenvalue weighted by molar-refractivity contribution is 0.0912. The molecule has 2 rings (SSSR count). The Labute approximate surface area is 119 Å². The molecular formula is C13H21N3O3S. The van der Waals surface area contributed by atoms with Crippen LogP contribution in [0.4, 0.5) is 5.82 Å². The minimum Gasteiger partial charge on any atom is -0.393 e. The first-order valence-corrected chi connectivity index (χ1v) is 8.22. The van der Waals surface area contributed by atoms with Crippen molar-refractivity contribution in [2.75, 3.05) is 25.5 Å². The molecule has 1 aromatic heterocycles. The SMILES string of the molecule is CNc1ncccc1S(=O)(=O)N1CCC(C(C)O)CC1. The van der Waals surface area contributed by atoms with E-state index < -0.39 is 10.0 Å². The van der Waals surface area contributed by atoms with Crippen LogP contribution in [0.1, 0.15) is 19.8 Å². The Kier molecular flexibility index (Phi) is 4.62. The highest BCUT2D eigenvalue weighted by Crippen LogP contribution is 2.27. The maximum absolute atomic E-state index is 12.6. The minimum atomic E-state index is -3.53. The van der Waals surface area contributed by atoms with Crippen LogP contribution in [0.15, 0.2) is 23.2 Å². The lowest BCUT2D eigenvalue weighted by atomic mass is 9.93. The van der Waals surface area contributed by atoms with Crippen LogP contribution in [-0.4, -0.2) is 49.1 Å². The van der Waals surface area contributed by atoms with Crippen LogP contribution in [0.2, 0.25) is 0 Å². The molecule has 0 bridgehead atoms. The molecule has 112 valence electrons. The van der Waals surface area contributed by atoms with E-state index in [-0.39, 0.29) is 16.9 Å². The minimum absolute atomic E-state index is 0.180. The van der Waals surface area contributed by atoms with E-state index in [1.807, 2.05) is 0 Å². The molecule has 2 heterocycles. The van der Waals surface area contributed by atoms with Crippen LogP contribution < -0.4 is 5.32 Å². The Balaban J connectivity index is 2.20. The summed E-state index contributed by atoms with van der Waals surface area (Å²) in [4.78, 5) is 4.25. The van der Waals surface area contributed by atoms with Crippen LogP contribution in [0.3, 0.4) is 0 Å². The summed E-state index contributed by atoms with van der Waals surface area (Å²) >= 11 is 0. The molecule has 1 fully saturated rings. The fourth-order valence-corrected chi connectivity index (χ4v) is 4.14. The number of aromatic nitrogens is 1. The first-order valence-electron chi connectivity index (χ1n) is 6.78. The van der Waals surface area contributed by atoms with Crippen molar-refractivity contribution in [1.82, 2.24) is 9.29 Å². The van der Waals surface area contributed by atoms with E-state index in [1.165, 1.54) is 4.31 Å². The van der Waals surface area contributed by atoms with Gasteiger partial charge in [0.2, 0.25) is 10.0 Å². The number of aliphatic hydroxyl groups excluding tert-OH is 1. The highest BCUT2D eigenvalue weighted by Gasteiger charge is 2.32. The number of nitrogens with one attached hydrogen (secondary N) is 1. The fourth-order valence-electron chi connectivity index (χ4n) is 2.52. The standard InChI is InChI=1S/C13H21N3O3S/c1-10(17)11-5-8-16(9-6-11)20(18,19)12-4-3-7-15-13(12)14-2/h3-4,7,10-11,17H,5-6,8-9H2,1-2H3,(H,14,15). The van der Waals surface area contributed by atoms with Crippen molar-refractivity contribution in [2.24, 2.45) is 5.92 Å². The zero-order valence-electron chi connectivity index (χ0n) is 11.8. The van der Waals surface area contributed by atoms with Gasteiger partial charge in [0, 0.05) is 26.3 Å². The summed E-state index contributed by atoms with van der Waals surface area (Å²) in [6.07, 6.45) is 2.55. The molecule has 1 atom stereocenters. The molecule has 20 heavy (non-hydrogen) atoms. The van der Waals surface area contributed by atoms with Crippen LogP contribution in [0, 0.1) is 5.92 Å². The van der Waals surface area contributed by atoms with E-state index in [9.17, 15) is 13.5 Å². The van der Waals surface area contributed by atoms with Gasteiger partial charge in [-0.3, -0.25) is 0 Å². The van der Waals surface area contributed by atoms with E-state index >= 15 is 0 Å². The van der Waals surface area contributed by atoms with Crippen molar-refractivity contribution in [3.8, 4) is 0 Å². The third-order valence-corrected chi connectivity index (χ3v) is 5.74. The number of hydrogen-bond donors (Lipinski definition) is 2. The van der Waals surface area contributed by atoms with Gasteiger partial charge < -0.3 is 10.4 Å². The van der Waals surface area contributed by atoms with Crippen molar-refractivity contribution in [3.63, 3.8) is 0 Å². The van der Waals surface area contributed by atoms with Gasteiger partial charge in [-0.2, -0.15) is 4.31 Å². The molecule has 0 radical (unpaired) electrons. The number of aliphatic hydroxyl groups is 1. The maximum atomic E-state index is 12.6. The molecule has 1 aliphatic heterocycles. The van der Waals surface area contributed by atoms with Crippen molar-refractivity contribution in [1.29, 1.82) is 0 Å². The molecule has 0 aromatic carbocycles. The van der Waals surface area contributed by atoms with E-state index in [4.69, 9.17) is 0 Å². The van der Waals surface area contributed by atoms with E-state index in [0.717, 1.165) is 0 Å². The summed E-state index contributed by atoms with van der Waals surface area (Å²) in [6.45, 7) is 2.64. The quantitative estimate of drug-likeness (QED) is 0.863. The summed E-state index contributed by atoms with van der Waals surface area (Å²) in [5, 5.41) is 12.4. The van der Waals surface area contributed by atoms with Gasteiger partial charge in [-0.1, -0.05) is 0 Å². The van der Waals surface area contributed by atoms with Gasteiger partial charge >= 0.3 is 0 Å². The van der Waals surface area contributed by atoms with Gasteiger partial charge in [0.1, 0.15) is 10.7 Å². The Hall–Kier alpha value is -1.18. The zero-order valence-corrected chi connectivity index (χ0v) is 12.6. The first-order chi connectivity index (χ1) is 9.46. The third-order valence-electron chi connectivity index (χ3n) is 3.81. The Morgan fingerprint density at radius 2 is 2.10 bits per heavy atom. The first kappa shape index (κ1) is 15.2. The van der Waals surface area contributed by atoms with Gasteiger partial charge in [-0.05, 0) is 37.8 Å². The monoisotopic (exact) mass is 299 g/mol. The molecule has 0 amide bonds. The molecule has 2 N–H and O–H groups in total. The molecule has 1 saturated heterocycles. The Morgan fingerprint density at radius 1 is 1.45 bits per heavy atom. The molecule has 6 nitrogen and oxygen atoms in total. The number of rotatable bonds is 4. The Bertz CT molecular complexity index is 552. The largest absolute Gasteiger partial charge is 0.393 e. The molecule has 0 spiro atoms. The van der Waals surface area contributed by atoms with Crippen molar-refractivity contribution < 1.29 is 13.5 Å². The molecule has 1 aromatic rings. The summed E-state index contributed by atoms with van der Waals surface area (Å²) in [5.41, 5.74) is 0. The van der Waals surface area contributed by atoms with Gasteiger partial charge in [0.25, 0.3) is 0 Å². The normalized spacial score (nSPS) is 19.8. The van der Waals surface area contributed by atoms with Crippen LogP contribution in [0.25, 0.3) is 0 Å². The van der Waals surface area contributed by atoms with Gasteiger partial charge in [0.05, 0.1) is 6.10 Å². The van der Waals surface area contributed by atoms with Crippen molar-refractivity contribution in [3.05, 3.63) is 18.3 Å². The number of nitrogens with zero attached hydrogens (tertiary/aromatic N) is 2. The second-order valence-corrected chi connectivity index (χ2v) is 6.99.